The van der Waals surface area contributed by atoms with Gasteiger partial charge in [-0.15, -0.1) is 0 Å². The fourth-order valence-corrected chi connectivity index (χ4v) is 2.82. The van der Waals surface area contributed by atoms with E-state index in [-0.39, 0.29) is 15.9 Å². The normalized spacial score (nSPS) is 13.5. The molecule has 9 heteroatoms. The van der Waals surface area contributed by atoms with Crippen molar-refractivity contribution in [2.45, 2.75) is 18.7 Å². The Bertz CT molecular complexity index is 829. The number of rotatable bonds is 4. The summed E-state index contributed by atoms with van der Waals surface area (Å²) in [5.74, 6) is -0.962. The number of benzene rings is 1. The molecule has 1 unspecified atom stereocenters. The van der Waals surface area contributed by atoms with Gasteiger partial charge in [0.05, 0.1) is 21.1 Å². The average molecular weight is 351 g/mol. The molecule has 0 saturated heterocycles. The Kier molecular flexibility index (Phi) is 4.19. The van der Waals surface area contributed by atoms with Crippen LogP contribution < -0.4 is 0 Å². The smallest absolute Gasteiger partial charge is 0.323 e. The van der Waals surface area contributed by atoms with Crippen molar-refractivity contribution in [1.29, 1.82) is 0 Å². The van der Waals surface area contributed by atoms with Crippen LogP contribution >= 0.6 is 23.2 Å². The van der Waals surface area contributed by atoms with Gasteiger partial charge < -0.3 is 9.67 Å². The highest BCUT2D eigenvalue weighted by Gasteiger charge is 2.25. The number of carbonyl (C=O) groups is 1. The first-order valence-corrected chi connectivity index (χ1v) is 8.58. The molecular formula is C12H12Cl2N2O4S. The summed E-state index contributed by atoms with van der Waals surface area (Å²) < 4.78 is 24.8. The van der Waals surface area contributed by atoms with Crippen LogP contribution in [0.15, 0.2) is 12.1 Å². The van der Waals surface area contributed by atoms with Crippen LogP contribution in [-0.2, 0) is 21.2 Å². The van der Waals surface area contributed by atoms with Gasteiger partial charge in [0, 0.05) is 6.26 Å². The molecule has 0 radical (unpaired) electrons. The molecule has 21 heavy (non-hydrogen) atoms. The molecule has 0 saturated carbocycles. The second kappa shape index (κ2) is 5.47. The van der Waals surface area contributed by atoms with Crippen LogP contribution in [0.4, 0.5) is 0 Å². The zero-order valence-corrected chi connectivity index (χ0v) is 13.5. The van der Waals surface area contributed by atoms with Crippen molar-refractivity contribution in [3.63, 3.8) is 0 Å². The van der Waals surface area contributed by atoms with Gasteiger partial charge in [0.2, 0.25) is 0 Å². The molecule has 114 valence electrons. The third-order valence-corrected chi connectivity index (χ3v) is 5.34. The molecule has 2 rings (SSSR count). The summed E-state index contributed by atoms with van der Waals surface area (Å²) in [6.07, 6.45) is 1.07. The molecule has 0 bridgehead atoms. The molecule has 1 aromatic heterocycles. The van der Waals surface area contributed by atoms with Crippen LogP contribution in [0.25, 0.3) is 11.0 Å². The van der Waals surface area contributed by atoms with Gasteiger partial charge >= 0.3 is 5.97 Å². The molecule has 1 N–H and O–H groups in total. The molecule has 0 aliphatic heterocycles. The van der Waals surface area contributed by atoms with E-state index in [0.717, 1.165) is 6.26 Å². The minimum atomic E-state index is -3.42. The first-order valence-electron chi connectivity index (χ1n) is 5.87. The summed E-state index contributed by atoms with van der Waals surface area (Å²) in [5.41, 5.74) is 0.827. The van der Waals surface area contributed by atoms with E-state index in [1.165, 1.54) is 23.6 Å². The third-order valence-electron chi connectivity index (χ3n) is 3.12. The molecule has 0 amide bonds. The standard InChI is InChI=1S/C12H12Cl2N2O4S/c1-6(21(2,19)20)12-15-9-3-7(13)8(14)4-10(9)16(12)5-11(17)18/h3-4,6H,5H2,1-2H3,(H,17,18). The van der Waals surface area contributed by atoms with Crippen LogP contribution in [0.2, 0.25) is 10.0 Å². The molecule has 1 aromatic carbocycles. The number of halogens is 2. The minimum absolute atomic E-state index is 0.147. The van der Waals surface area contributed by atoms with Crippen LogP contribution in [0.5, 0.6) is 0 Å². The summed E-state index contributed by atoms with van der Waals surface area (Å²) in [6.45, 7) is 1.04. The molecule has 0 spiro atoms. The van der Waals surface area contributed by atoms with E-state index >= 15 is 0 Å². The summed E-state index contributed by atoms with van der Waals surface area (Å²) in [7, 11) is -3.42. The maximum atomic E-state index is 11.7. The lowest BCUT2D eigenvalue weighted by Gasteiger charge is -2.11. The van der Waals surface area contributed by atoms with Gasteiger partial charge in [-0.2, -0.15) is 0 Å². The molecular weight excluding hydrogens is 339 g/mol. The Hall–Kier alpha value is -1.31. The molecule has 0 aliphatic carbocycles. The van der Waals surface area contributed by atoms with Crippen molar-refractivity contribution in [1.82, 2.24) is 9.55 Å². The van der Waals surface area contributed by atoms with Gasteiger partial charge in [-0.1, -0.05) is 23.2 Å². The first-order chi connectivity index (χ1) is 9.61. The summed E-state index contributed by atoms with van der Waals surface area (Å²) in [5, 5.41) is 8.59. The Morgan fingerprint density at radius 3 is 2.48 bits per heavy atom. The SMILES string of the molecule is CC(c1nc2cc(Cl)c(Cl)cc2n1CC(=O)O)S(C)(=O)=O. The molecule has 1 heterocycles. The van der Waals surface area contributed by atoms with Gasteiger partial charge in [0.15, 0.2) is 9.84 Å². The van der Waals surface area contributed by atoms with Crippen molar-refractivity contribution in [3.8, 4) is 0 Å². The van der Waals surface area contributed by atoms with Crippen molar-refractivity contribution in [2.24, 2.45) is 0 Å². The van der Waals surface area contributed by atoms with E-state index in [2.05, 4.69) is 4.98 Å². The van der Waals surface area contributed by atoms with Gasteiger partial charge in [0.25, 0.3) is 0 Å². The number of carboxylic acid groups (broad SMARTS) is 1. The average Bonchev–Trinajstić information content (AvgIpc) is 2.65. The monoisotopic (exact) mass is 350 g/mol. The number of aliphatic carboxylic acids is 1. The lowest BCUT2D eigenvalue weighted by Crippen LogP contribution is -2.17. The second-order valence-electron chi connectivity index (χ2n) is 4.68. The molecule has 0 fully saturated rings. The molecule has 6 nitrogen and oxygen atoms in total. The quantitative estimate of drug-likeness (QED) is 0.914. The van der Waals surface area contributed by atoms with Crippen LogP contribution in [0, 0.1) is 0 Å². The van der Waals surface area contributed by atoms with Crippen molar-refractivity contribution in [2.75, 3.05) is 6.26 Å². The van der Waals surface area contributed by atoms with E-state index in [9.17, 15) is 13.2 Å². The first kappa shape index (κ1) is 16.1. The van der Waals surface area contributed by atoms with Crippen molar-refractivity contribution < 1.29 is 18.3 Å². The number of nitrogens with zero attached hydrogens (tertiary/aromatic N) is 2. The van der Waals surface area contributed by atoms with E-state index in [0.29, 0.717) is 11.0 Å². The number of carboxylic acids is 1. The van der Waals surface area contributed by atoms with E-state index in [4.69, 9.17) is 28.3 Å². The van der Waals surface area contributed by atoms with Crippen LogP contribution in [-0.4, -0.2) is 35.3 Å². The Labute approximate surface area is 131 Å². The fraction of sp³-hybridized carbons (Fsp3) is 0.333. The molecule has 2 aromatic rings. The van der Waals surface area contributed by atoms with E-state index in [1.807, 2.05) is 0 Å². The topological polar surface area (TPSA) is 89.3 Å². The zero-order chi connectivity index (χ0) is 15.9. The Balaban J connectivity index is 2.77. The number of aromatic nitrogens is 2. The number of sulfone groups is 1. The second-order valence-corrected chi connectivity index (χ2v) is 7.86. The van der Waals surface area contributed by atoms with Gasteiger partial charge in [-0.25, -0.2) is 13.4 Å². The minimum Gasteiger partial charge on any atom is -0.480 e. The zero-order valence-electron chi connectivity index (χ0n) is 11.2. The summed E-state index contributed by atoms with van der Waals surface area (Å²) in [6, 6.07) is 2.96. The van der Waals surface area contributed by atoms with Crippen LogP contribution in [0.3, 0.4) is 0 Å². The number of imidazole rings is 1. The molecule has 0 aliphatic rings. The van der Waals surface area contributed by atoms with E-state index in [1.54, 1.807) is 0 Å². The summed E-state index contributed by atoms with van der Waals surface area (Å²) >= 11 is 11.8. The Morgan fingerprint density at radius 2 is 1.95 bits per heavy atom. The van der Waals surface area contributed by atoms with Gasteiger partial charge in [-0.05, 0) is 19.1 Å². The number of hydrogen-bond acceptors (Lipinski definition) is 4. The highest BCUT2D eigenvalue weighted by atomic mass is 35.5. The van der Waals surface area contributed by atoms with E-state index < -0.39 is 27.6 Å². The predicted octanol–water partition coefficient (Wildman–Crippen LogP) is 2.53. The van der Waals surface area contributed by atoms with Gasteiger partial charge in [0.1, 0.15) is 17.6 Å². The largest absolute Gasteiger partial charge is 0.480 e. The lowest BCUT2D eigenvalue weighted by atomic mass is 10.3. The number of hydrogen-bond donors (Lipinski definition) is 1. The van der Waals surface area contributed by atoms with Crippen LogP contribution in [0.1, 0.15) is 18.0 Å². The maximum Gasteiger partial charge on any atom is 0.323 e. The van der Waals surface area contributed by atoms with Crippen molar-refractivity contribution >= 4 is 50.0 Å². The number of fused-ring (bicyclic) bond motifs is 1. The Morgan fingerprint density at radius 1 is 1.38 bits per heavy atom. The lowest BCUT2D eigenvalue weighted by molar-refractivity contribution is -0.137. The maximum absolute atomic E-state index is 11.7. The van der Waals surface area contributed by atoms with Crippen molar-refractivity contribution in [3.05, 3.63) is 28.0 Å². The fourth-order valence-electron chi connectivity index (χ4n) is 1.94. The molecule has 1 atom stereocenters. The third kappa shape index (κ3) is 3.14. The highest BCUT2D eigenvalue weighted by molar-refractivity contribution is 7.90. The predicted molar refractivity (Wildman–Crippen MR) is 80.6 cm³/mol. The highest BCUT2D eigenvalue weighted by Crippen LogP contribution is 2.31. The summed E-state index contributed by atoms with van der Waals surface area (Å²) in [4.78, 5) is 15.2. The van der Waals surface area contributed by atoms with Gasteiger partial charge in [-0.3, -0.25) is 4.79 Å².